The summed E-state index contributed by atoms with van der Waals surface area (Å²) in [7, 11) is 3.92. The standard InChI is InChI=1S/C30H43N5O5/c1-20-17-35(21(2)19-36)30(39)22-11-10-14-25(29(22)40-26(20)18-34(3)4)33-28(38)16-7-5-6-15-27(37)32-24-13-9-8-12-23(24)31/h8-14,20-21,26,36H,5-7,15-19,31H2,1-4H3,(H,32,37)(H,33,38)/t20-,21-,26-/m1/s1. The summed E-state index contributed by atoms with van der Waals surface area (Å²) in [5.74, 6) is -0.193. The van der Waals surface area contributed by atoms with E-state index in [0.29, 0.717) is 67.1 Å². The second-order valence-electron chi connectivity index (χ2n) is 10.8. The van der Waals surface area contributed by atoms with E-state index in [9.17, 15) is 19.5 Å². The summed E-state index contributed by atoms with van der Waals surface area (Å²) in [6.45, 7) is 4.78. The molecule has 3 amide bonds. The number of likely N-dealkylation sites (N-methyl/N-ethyl adjacent to an activating group) is 1. The van der Waals surface area contributed by atoms with Crippen LogP contribution in [0.3, 0.4) is 0 Å². The lowest BCUT2D eigenvalue weighted by atomic mass is 9.99. The number of aliphatic hydroxyl groups excluding tert-OH is 1. The van der Waals surface area contributed by atoms with E-state index < -0.39 is 0 Å². The van der Waals surface area contributed by atoms with E-state index in [1.54, 1.807) is 35.2 Å². The molecular weight excluding hydrogens is 510 g/mol. The molecule has 0 saturated carbocycles. The molecule has 40 heavy (non-hydrogen) atoms. The SMILES string of the molecule is C[C@@H]1CN([C@H](C)CO)C(=O)c2cccc(NC(=O)CCCCCC(=O)Nc3ccccc3N)c2O[C@@H]1CN(C)C. The Morgan fingerprint density at radius 3 is 2.30 bits per heavy atom. The number of carbonyl (C=O) groups excluding carboxylic acids is 3. The van der Waals surface area contributed by atoms with Crippen LogP contribution in [0.25, 0.3) is 0 Å². The van der Waals surface area contributed by atoms with Crippen molar-refractivity contribution < 1.29 is 24.2 Å². The van der Waals surface area contributed by atoms with Crippen molar-refractivity contribution in [1.82, 2.24) is 9.80 Å². The monoisotopic (exact) mass is 553 g/mol. The third-order valence-corrected chi connectivity index (χ3v) is 7.05. The molecule has 0 unspecified atom stereocenters. The van der Waals surface area contributed by atoms with Crippen LogP contribution in [0, 0.1) is 5.92 Å². The van der Waals surface area contributed by atoms with Gasteiger partial charge in [0.15, 0.2) is 5.75 Å². The second-order valence-corrected chi connectivity index (χ2v) is 10.8. The molecule has 0 fully saturated rings. The summed E-state index contributed by atoms with van der Waals surface area (Å²) in [6, 6.07) is 11.9. The van der Waals surface area contributed by atoms with Gasteiger partial charge in [0.05, 0.1) is 35.3 Å². The number of nitrogen functional groups attached to an aromatic ring is 1. The number of carbonyl (C=O) groups is 3. The summed E-state index contributed by atoms with van der Waals surface area (Å²) < 4.78 is 6.43. The maximum atomic E-state index is 13.5. The molecule has 0 aromatic heterocycles. The highest BCUT2D eigenvalue weighted by Crippen LogP contribution is 2.35. The van der Waals surface area contributed by atoms with Crippen LogP contribution in [0.2, 0.25) is 0 Å². The van der Waals surface area contributed by atoms with E-state index in [-0.39, 0.29) is 48.8 Å². The molecule has 2 aromatic carbocycles. The van der Waals surface area contributed by atoms with Crippen LogP contribution < -0.4 is 21.1 Å². The number of fused-ring (bicyclic) bond motifs is 1. The Bertz CT molecular complexity index is 1170. The maximum Gasteiger partial charge on any atom is 0.258 e. The first-order chi connectivity index (χ1) is 19.1. The van der Waals surface area contributed by atoms with Crippen molar-refractivity contribution in [3.63, 3.8) is 0 Å². The lowest BCUT2D eigenvalue weighted by Crippen LogP contribution is -2.49. The first kappa shape index (κ1) is 30.9. The average molecular weight is 554 g/mol. The number of ether oxygens (including phenoxy) is 1. The fraction of sp³-hybridized carbons (Fsp3) is 0.500. The lowest BCUT2D eigenvalue weighted by Gasteiger charge is -2.38. The minimum absolute atomic E-state index is 0.00668. The molecule has 1 aliphatic rings. The fourth-order valence-corrected chi connectivity index (χ4v) is 4.70. The molecule has 3 rings (SSSR count). The number of hydrogen-bond donors (Lipinski definition) is 4. The van der Waals surface area contributed by atoms with Crippen molar-refractivity contribution in [2.45, 2.75) is 58.1 Å². The molecular formula is C30H43N5O5. The Balaban J connectivity index is 1.62. The summed E-state index contributed by atoms with van der Waals surface area (Å²) in [5, 5.41) is 15.5. The number of hydrogen-bond acceptors (Lipinski definition) is 7. The van der Waals surface area contributed by atoms with E-state index in [4.69, 9.17) is 10.5 Å². The highest BCUT2D eigenvalue weighted by atomic mass is 16.5. The van der Waals surface area contributed by atoms with Gasteiger partial charge in [-0.25, -0.2) is 0 Å². The Morgan fingerprint density at radius 1 is 1.05 bits per heavy atom. The van der Waals surface area contributed by atoms with Crippen LogP contribution in [0.5, 0.6) is 5.75 Å². The minimum atomic E-state index is -0.355. The summed E-state index contributed by atoms with van der Waals surface area (Å²) in [5.41, 5.74) is 7.80. The van der Waals surface area contributed by atoms with Crippen molar-refractivity contribution >= 4 is 34.8 Å². The number of rotatable bonds is 12. The van der Waals surface area contributed by atoms with Crippen LogP contribution >= 0.6 is 0 Å². The number of benzene rings is 2. The van der Waals surface area contributed by atoms with Crippen molar-refractivity contribution in [2.75, 3.05) is 50.2 Å². The summed E-state index contributed by atoms with van der Waals surface area (Å²) in [6.07, 6.45) is 2.35. The van der Waals surface area contributed by atoms with E-state index >= 15 is 0 Å². The largest absolute Gasteiger partial charge is 0.486 e. The number of nitrogens with one attached hydrogen (secondary N) is 2. The molecule has 0 radical (unpaired) electrons. The number of anilines is 3. The molecule has 2 aromatic rings. The van der Waals surface area contributed by atoms with Crippen molar-refractivity contribution in [3.8, 4) is 5.75 Å². The second kappa shape index (κ2) is 14.7. The first-order valence-corrected chi connectivity index (χ1v) is 13.9. The third kappa shape index (κ3) is 8.43. The summed E-state index contributed by atoms with van der Waals surface area (Å²) in [4.78, 5) is 42.3. The number of unbranched alkanes of at least 4 members (excludes halogenated alkanes) is 2. The van der Waals surface area contributed by atoms with Gasteiger partial charge in [-0.1, -0.05) is 31.5 Å². The highest BCUT2D eigenvalue weighted by molar-refractivity contribution is 6.01. The normalized spacial score (nSPS) is 17.9. The van der Waals surface area contributed by atoms with E-state index in [2.05, 4.69) is 10.6 Å². The zero-order valence-electron chi connectivity index (χ0n) is 24.0. The highest BCUT2D eigenvalue weighted by Gasteiger charge is 2.34. The molecule has 10 heteroatoms. The van der Waals surface area contributed by atoms with Gasteiger partial charge in [-0.2, -0.15) is 0 Å². The van der Waals surface area contributed by atoms with Gasteiger partial charge < -0.3 is 36.0 Å². The molecule has 5 N–H and O–H groups in total. The number of nitrogens with zero attached hydrogens (tertiary/aromatic N) is 2. The van der Waals surface area contributed by atoms with Crippen LogP contribution in [-0.4, -0.2) is 78.6 Å². The molecule has 3 atom stereocenters. The lowest BCUT2D eigenvalue weighted by molar-refractivity contribution is -0.116. The smallest absolute Gasteiger partial charge is 0.258 e. The minimum Gasteiger partial charge on any atom is -0.486 e. The van der Waals surface area contributed by atoms with Crippen LogP contribution in [0.4, 0.5) is 17.1 Å². The fourth-order valence-electron chi connectivity index (χ4n) is 4.70. The van der Waals surface area contributed by atoms with Crippen LogP contribution in [0.15, 0.2) is 42.5 Å². The van der Waals surface area contributed by atoms with Gasteiger partial charge in [-0.15, -0.1) is 0 Å². The number of amides is 3. The molecule has 1 aliphatic heterocycles. The average Bonchev–Trinajstić information content (AvgIpc) is 2.91. The maximum absolute atomic E-state index is 13.5. The van der Waals surface area contributed by atoms with Gasteiger partial charge in [-0.3, -0.25) is 14.4 Å². The predicted molar refractivity (Wildman–Crippen MR) is 157 cm³/mol. The molecule has 10 nitrogen and oxygen atoms in total. The number of nitrogens with two attached hydrogens (primary N) is 1. The molecule has 0 saturated heterocycles. The predicted octanol–water partition coefficient (Wildman–Crippen LogP) is 3.58. The van der Waals surface area contributed by atoms with E-state index in [0.717, 1.165) is 0 Å². The van der Waals surface area contributed by atoms with Crippen LogP contribution in [0.1, 0.15) is 56.3 Å². The zero-order chi connectivity index (χ0) is 29.2. The first-order valence-electron chi connectivity index (χ1n) is 13.9. The number of aliphatic hydroxyl groups is 1. The van der Waals surface area contributed by atoms with Crippen molar-refractivity contribution in [1.29, 1.82) is 0 Å². The molecule has 218 valence electrons. The Labute approximate surface area is 236 Å². The van der Waals surface area contributed by atoms with Crippen molar-refractivity contribution in [3.05, 3.63) is 48.0 Å². The van der Waals surface area contributed by atoms with Gasteiger partial charge in [0.2, 0.25) is 11.8 Å². The molecule has 0 aliphatic carbocycles. The Kier molecular flexibility index (Phi) is 11.3. The van der Waals surface area contributed by atoms with Gasteiger partial charge >= 0.3 is 0 Å². The van der Waals surface area contributed by atoms with E-state index in [1.807, 2.05) is 45.0 Å². The van der Waals surface area contributed by atoms with Crippen molar-refractivity contribution in [2.24, 2.45) is 5.92 Å². The summed E-state index contributed by atoms with van der Waals surface area (Å²) >= 11 is 0. The quantitative estimate of drug-likeness (QED) is 0.233. The molecule has 0 bridgehead atoms. The van der Waals surface area contributed by atoms with Crippen LogP contribution in [-0.2, 0) is 9.59 Å². The van der Waals surface area contributed by atoms with E-state index in [1.165, 1.54) is 0 Å². The Morgan fingerprint density at radius 2 is 1.68 bits per heavy atom. The van der Waals surface area contributed by atoms with Gasteiger partial charge in [0.25, 0.3) is 5.91 Å². The molecule has 1 heterocycles. The number of para-hydroxylation sites is 3. The zero-order valence-corrected chi connectivity index (χ0v) is 24.0. The van der Waals surface area contributed by atoms with Gasteiger partial charge in [0, 0.05) is 31.8 Å². The molecule has 0 spiro atoms. The van der Waals surface area contributed by atoms with Gasteiger partial charge in [-0.05, 0) is 58.1 Å². The van der Waals surface area contributed by atoms with Gasteiger partial charge in [0.1, 0.15) is 6.10 Å². The topological polar surface area (TPSA) is 137 Å². The Hall–Kier alpha value is -3.63. The third-order valence-electron chi connectivity index (χ3n) is 7.05.